The van der Waals surface area contributed by atoms with Crippen LogP contribution in [0.1, 0.15) is 37.3 Å². The molecule has 0 aliphatic carbocycles. The van der Waals surface area contributed by atoms with Gasteiger partial charge in [-0.05, 0) is 76.4 Å². The van der Waals surface area contributed by atoms with Crippen molar-refractivity contribution in [2.24, 2.45) is 0 Å². The van der Waals surface area contributed by atoms with E-state index < -0.39 is 10.0 Å². The van der Waals surface area contributed by atoms with Crippen LogP contribution in [0.2, 0.25) is 0 Å². The third kappa shape index (κ3) is 4.92. The number of benzene rings is 1. The molecule has 1 aromatic carbocycles. The van der Waals surface area contributed by atoms with Gasteiger partial charge in [-0.1, -0.05) is 25.0 Å². The molecule has 0 bridgehead atoms. The van der Waals surface area contributed by atoms with E-state index >= 15 is 0 Å². The number of nitrogens with zero attached hydrogens (tertiary/aromatic N) is 1. The normalized spacial score (nSPS) is 18.0. The summed E-state index contributed by atoms with van der Waals surface area (Å²) < 4.78 is 28.9. The molecule has 0 radical (unpaired) electrons. The van der Waals surface area contributed by atoms with Gasteiger partial charge < -0.3 is 0 Å². The van der Waals surface area contributed by atoms with Crippen LogP contribution in [0.15, 0.2) is 50.5 Å². The molecule has 0 amide bonds. The van der Waals surface area contributed by atoms with Crippen LogP contribution < -0.4 is 4.72 Å². The summed E-state index contributed by atoms with van der Waals surface area (Å²) in [6, 6.07) is 9.12. The maximum absolute atomic E-state index is 12.7. The molecule has 0 spiro atoms. The Morgan fingerprint density at radius 3 is 2.48 bits per heavy atom. The van der Waals surface area contributed by atoms with Crippen LogP contribution in [0.3, 0.4) is 0 Å². The van der Waals surface area contributed by atoms with Crippen LogP contribution >= 0.6 is 27.3 Å². The first kappa shape index (κ1) is 19.0. The van der Waals surface area contributed by atoms with Gasteiger partial charge in [0.15, 0.2) is 0 Å². The molecule has 7 heteroatoms. The number of hydrogen-bond donors (Lipinski definition) is 1. The van der Waals surface area contributed by atoms with E-state index in [0.717, 1.165) is 13.1 Å². The topological polar surface area (TPSA) is 49.4 Å². The number of hydrogen-bond acceptors (Lipinski definition) is 4. The van der Waals surface area contributed by atoms with Crippen molar-refractivity contribution in [1.29, 1.82) is 0 Å². The van der Waals surface area contributed by atoms with Crippen LogP contribution in [0.4, 0.5) is 0 Å². The molecule has 25 heavy (non-hydrogen) atoms. The molecule has 1 saturated heterocycles. The number of likely N-dealkylation sites (tertiary alicyclic amines) is 1. The fourth-order valence-electron chi connectivity index (χ4n) is 3.26. The third-order valence-electron chi connectivity index (χ3n) is 4.60. The first-order valence-corrected chi connectivity index (χ1v) is 11.8. The Hall–Kier alpha value is -0.730. The molecule has 3 rings (SSSR count). The van der Waals surface area contributed by atoms with E-state index in [1.807, 2.05) is 6.07 Å². The lowest BCUT2D eigenvalue weighted by atomic mass is 10.1. The lowest BCUT2D eigenvalue weighted by molar-refractivity contribution is 0.206. The predicted octanol–water partition coefficient (Wildman–Crippen LogP) is 4.41. The van der Waals surface area contributed by atoms with E-state index in [-0.39, 0.29) is 10.9 Å². The van der Waals surface area contributed by atoms with Gasteiger partial charge in [0.05, 0.1) is 4.90 Å². The summed E-state index contributed by atoms with van der Waals surface area (Å²) in [5.41, 5.74) is 1.20. The fourth-order valence-corrected chi connectivity index (χ4v) is 6.00. The van der Waals surface area contributed by atoms with E-state index in [0.29, 0.717) is 11.0 Å². The summed E-state index contributed by atoms with van der Waals surface area (Å²) in [4.78, 5) is 2.72. The smallest absolute Gasteiger partial charge is 0.241 e. The van der Waals surface area contributed by atoms with Crippen molar-refractivity contribution in [2.45, 2.75) is 36.6 Å². The molecular weight excluding hydrogens is 420 g/mol. The van der Waals surface area contributed by atoms with Crippen molar-refractivity contribution in [3.63, 3.8) is 0 Å². The highest BCUT2D eigenvalue weighted by atomic mass is 79.9. The molecular formula is C18H23BrN2O2S2. The Morgan fingerprint density at radius 2 is 1.84 bits per heavy atom. The second-order valence-corrected chi connectivity index (χ2v) is 9.67. The molecule has 1 aromatic heterocycles. The predicted molar refractivity (Wildman–Crippen MR) is 106 cm³/mol. The highest BCUT2D eigenvalue weighted by Gasteiger charge is 2.25. The molecule has 1 fully saturated rings. The van der Waals surface area contributed by atoms with Crippen LogP contribution in [0.25, 0.3) is 0 Å². The molecule has 2 heterocycles. The van der Waals surface area contributed by atoms with Gasteiger partial charge in [0.1, 0.15) is 0 Å². The highest BCUT2D eigenvalue weighted by Crippen LogP contribution is 2.27. The van der Waals surface area contributed by atoms with Gasteiger partial charge >= 0.3 is 0 Å². The van der Waals surface area contributed by atoms with Crippen molar-refractivity contribution in [3.8, 4) is 0 Å². The van der Waals surface area contributed by atoms with E-state index in [1.54, 1.807) is 29.5 Å². The second kappa shape index (κ2) is 8.77. The first-order valence-electron chi connectivity index (χ1n) is 8.58. The van der Waals surface area contributed by atoms with Gasteiger partial charge in [-0.15, -0.1) is 0 Å². The molecule has 1 unspecified atom stereocenters. The zero-order chi connectivity index (χ0) is 17.7. The average Bonchev–Trinajstić information content (AvgIpc) is 2.98. The van der Waals surface area contributed by atoms with Gasteiger partial charge in [0, 0.05) is 17.1 Å². The summed E-state index contributed by atoms with van der Waals surface area (Å²) >= 11 is 4.99. The van der Waals surface area contributed by atoms with Gasteiger partial charge in [-0.2, -0.15) is 11.3 Å². The average molecular weight is 443 g/mol. The van der Waals surface area contributed by atoms with Crippen molar-refractivity contribution in [1.82, 2.24) is 9.62 Å². The van der Waals surface area contributed by atoms with Crippen molar-refractivity contribution in [3.05, 3.63) is 51.1 Å². The van der Waals surface area contributed by atoms with Gasteiger partial charge in [0.2, 0.25) is 10.0 Å². The summed E-state index contributed by atoms with van der Waals surface area (Å²) in [7, 11) is -3.55. The fraction of sp³-hybridized carbons (Fsp3) is 0.444. The van der Waals surface area contributed by atoms with Crippen molar-refractivity contribution >= 4 is 37.3 Å². The van der Waals surface area contributed by atoms with E-state index in [9.17, 15) is 8.42 Å². The lowest BCUT2D eigenvalue weighted by Crippen LogP contribution is -2.38. The Labute approximate surface area is 162 Å². The molecule has 136 valence electrons. The first-order chi connectivity index (χ1) is 12.1. The summed E-state index contributed by atoms with van der Waals surface area (Å²) in [6.45, 7) is 2.44. The highest BCUT2D eigenvalue weighted by molar-refractivity contribution is 9.10. The third-order valence-corrected chi connectivity index (χ3v) is 7.74. The monoisotopic (exact) mass is 442 g/mol. The number of thiophene rings is 1. The molecule has 0 saturated carbocycles. The van der Waals surface area contributed by atoms with E-state index in [1.165, 1.54) is 31.2 Å². The van der Waals surface area contributed by atoms with E-state index in [4.69, 9.17) is 0 Å². The van der Waals surface area contributed by atoms with Gasteiger partial charge in [-0.25, -0.2) is 13.1 Å². The number of rotatable bonds is 6. The Balaban J connectivity index is 1.77. The minimum Gasteiger partial charge on any atom is -0.295 e. The largest absolute Gasteiger partial charge is 0.295 e. The lowest BCUT2D eigenvalue weighted by Gasteiger charge is -2.30. The second-order valence-electron chi connectivity index (χ2n) is 6.30. The van der Waals surface area contributed by atoms with Crippen LogP contribution in [-0.2, 0) is 10.0 Å². The summed E-state index contributed by atoms with van der Waals surface area (Å²) in [5, 5.41) is 4.19. The maximum Gasteiger partial charge on any atom is 0.241 e. The zero-order valence-corrected chi connectivity index (χ0v) is 17.2. The Kier molecular flexibility index (Phi) is 6.68. The number of sulfonamides is 1. The molecule has 1 aliphatic heterocycles. The van der Waals surface area contributed by atoms with Crippen LogP contribution in [0.5, 0.6) is 0 Å². The minimum absolute atomic E-state index is 0.0848. The number of nitrogens with one attached hydrogen (secondary N) is 1. The van der Waals surface area contributed by atoms with Crippen LogP contribution in [-0.4, -0.2) is 33.0 Å². The molecule has 1 N–H and O–H groups in total. The van der Waals surface area contributed by atoms with Crippen molar-refractivity contribution < 1.29 is 8.42 Å². The number of halogens is 1. The molecule has 2 aromatic rings. The standard InChI is InChI=1S/C18H23BrN2O2S2/c19-16-7-3-4-8-18(16)25(22,23)20-13-17(15-9-12-24-14-15)21-10-5-1-2-6-11-21/h3-4,7-9,12,14,17,20H,1-2,5-6,10-11,13H2. The summed E-state index contributed by atoms with van der Waals surface area (Å²) in [6.07, 6.45) is 4.88. The minimum atomic E-state index is -3.55. The van der Waals surface area contributed by atoms with Crippen LogP contribution in [0, 0.1) is 0 Å². The van der Waals surface area contributed by atoms with E-state index in [2.05, 4.69) is 42.4 Å². The van der Waals surface area contributed by atoms with Gasteiger partial charge in [-0.3, -0.25) is 4.90 Å². The van der Waals surface area contributed by atoms with Crippen molar-refractivity contribution in [2.75, 3.05) is 19.6 Å². The molecule has 1 aliphatic rings. The van der Waals surface area contributed by atoms with Gasteiger partial charge in [0.25, 0.3) is 0 Å². The SMILES string of the molecule is O=S(=O)(NCC(c1ccsc1)N1CCCCCC1)c1ccccc1Br. The molecule has 1 atom stereocenters. The zero-order valence-electron chi connectivity index (χ0n) is 14.0. The summed E-state index contributed by atoms with van der Waals surface area (Å²) in [5.74, 6) is 0. The Morgan fingerprint density at radius 1 is 1.12 bits per heavy atom. The quantitative estimate of drug-likeness (QED) is 0.720. The maximum atomic E-state index is 12.7. The molecule has 4 nitrogen and oxygen atoms in total. The Bertz CT molecular complexity index is 770.